The molecule has 0 bridgehead atoms. The number of hydrogen-bond donors (Lipinski definition) is 2. The molecule has 30 heavy (non-hydrogen) atoms. The first-order chi connectivity index (χ1) is 14.6. The Balaban J connectivity index is 1.42. The van der Waals surface area contributed by atoms with Gasteiger partial charge in [0.05, 0.1) is 6.21 Å². The Morgan fingerprint density at radius 1 is 0.867 bits per heavy atom. The number of rotatable bonds is 7. The van der Waals surface area contributed by atoms with Gasteiger partial charge in [0.25, 0.3) is 0 Å². The molecule has 0 saturated carbocycles. The fourth-order valence-electron chi connectivity index (χ4n) is 2.47. The molecular formula is C23H20FN3O3. The van der Waals surface area contributed by atoms with Crippen molar-refractivity contribution in [3.05, 3.63) is 101 Å². The van der Waals surface area contributed by atoms with Gasteiger partial charge in [0.1, 0.15) is 18.2 Å². The van der Waals surface area contributed by atoms with Gasteiger partial charge >= 0.3 is 11.8 Å². The summed E-state index contributed by atoms with van der Waals surface area (Å²) in [5.41, 5.74) is 4.66. The molecule has 0 heterocycles. The monoisotopic (exact) mass is 405 g/mol. The van der Waals surface area contributed by atoms with Crippen molar-refractivity contribution in [2.24, 2.45) is 5.10 Å². The standard InChI is InChI=1S/C23H20FN3O3/c24-20-10-6-19(7-11-20)16-30-21-12-8-18(9-13-21)15-26-27-23(29)22(28)25-14-17-4-2-1-3-5-17/h1-13,15H,14,16H2,(H,25,28)(H,27,29)/b26-15-. The van der Waals surface area contributed by atoms with Gasteiger partial charge in [0.15, 0.2) is 0 Å². The number of hydrogen-bond acceptors (Lipinski definition) is 4. The Morgan fingerprint density at radius 2 is 1.57 bits per heavy atom. The fourth-order valence-corrected chi connectivity index (χ4v) is 2.47. The minimum Gasteiger partial charge on any atom is -0.489 e. The smallest absolute Gasteiger partial charge is 0.329 e. The number of amides is 2. The maximum absolute atomic E-state index is 12.9. The van der Waals surface area contributed by atoms with Crippen LogP contribution in [0.3, 0.4) is 0 Å². The van der Waals surface area contributed by atoms with Crippen molar-refractivity contribution in [2.45, 2.75) is 13.2 Å². The SMILES string of the molecule is O=C(NCc1ccccc1)C(=O)N/N=C\c1ccc(OCc2ccc(F)cc2)cc1. The number of nitrogens with zero attached hydrogens (tertiary/aromatic N) is 1. The summed E-state index contributed by atoms with van der Waals surface area (Å²) in [4.78, 5) is 23.5. The number of carbonyl (C=O) groups excluding carboxylic acids is 2. The minimum absolute atomic E-state index is 0.260. The third-order valence-corrected chi connectivity index (χ3v) is 4.08. The van der Waals surface area contributed by atoms with Gasteiger partial charge in [-0.2, -0.15) is 5.10 Å². The van der Waals surface area contributed by atoms with E-state index in [0.29, 0.717) is 17.9 Å². The van der Waals surface area contributed by atoms with Crippen molar-refractivity contribution in [1.82, 2.24) is 10.7 Å². The zero-order valence-electron chi connectivity index (χ0n) is 16.0. The van der Waals surface area contributed by atoms with E-state index in [1.54, 1.807) is 36.4 Å². The van der Waals surface area contributed by atoms with E-state index in [1.807, 2.05) is 30.3 Å². The van der Waals surface area contributed by atoms with Crippen LogP contribution in [0.4, 0.5) is 4.39 Å². The van der Waals surface area contributed by atoms with Crippen LogP contribution in [-0.4, -0.2) is 18.0 Å². The summed E-state index contributed by atoms with van der Waals surface area (Å²) in [6.45, 7) is 0.581. The first kappa shape index (κ1) is 20.7. The third-order valence-electron chi connectivity index (χ3n) is 4.08. The van der Waals surface area contributed by atoms with E-state index in [-0.39, 0.29) is 12.4 Å². The van der Waals surface area contributed by atoms with Crippen LogP contribution >= 0.6 is 0 Å². The van der Waals surface area contributed by atoms with Crippen molar-refractivity contribution in [2.75, 3.05) is 0 Å². The van der Waals surface area contributed by atoms with Crippen LogP contribution in [0.2, 0.25) is 0 Å². The maximum Gasteiger partial charge on any atom is 0.329 e. The molecule has 0 atom stereocenters. The van der Waals surface area contributed by atoms with Crippen LogP contribution in [0, 0.1) is 5.82 Å². The number of hydrazone groups is 1. The highest BCUT2D eigenvalue weighted by Crippen LogP contribution is 2.14. The van der Waals surface area contributed by atoms with E-state index in [9.17, 15) is 14.0 Å². The topological polar surface area (TPSA) is 79.8 Å². The summed E-state index contributed by atoms with van der Waals surface area (Å²) in [5.74, 6) is -1.26. The van der Waals surface area contributed by atoms with Gasteiger partial charge in [0.2, 0.25) is 0 Å². The lowest BCUT2D eigenvalue weighted by atomic mass is 10.2. The Bertz CT molecular complexity index is 1000. The lowest BCUT2D eigenvalue weighted by Gasteiger charge is -2.06. The molecule has 2 amide bonds. The Hall–Kier alpha value is -4.00. The number of nitrogens with one attached hydrogen (secondary N) is 2. The normalized spacial score (nSPS) is 10.6. The third kappa shape index (κ3) is 6.56. The first-order valence-corrected chi connectivity index (χ1v) is 9.22. The molecule has 0 saturated heterocycles. The van der Waals surface area contributed by atoms with Crippen molar-refractivity contribution in [1.29, 1.82) is 0 Å². The van der Waals surface area contributed by atoms with Crippen LogP contribution in [0.1, 0.15) is 16.7 Å². The van der Waals surface area contributed by atoms with Gasteiger partial charge in [-0.25, -0.2) is 9.82 Å². The van der Waals surface area contributed by atoms with E-state index in [2.05, 4.69) is 15.8 Å². The van der Waals surface area contributed by atoms with Crippen molar-refractivity contribution >= 4 is 18.0 Å². The summed E-state index contributed by atoms with van der Waals surface area (Å²) in [5, 5.41) is 6.31. The average molecular weight is 405 g/mol. The van der Waals surface area contributed by atoms with Gasteiger partial charge < -0.3 is 10.1 Å². The molecule has 0 aliphatic rings. The van der Waals surface area contributed by atoms with E-state index < -0.39 is 11.8 Å². The van der Waals surface area contributed by atoms with Gasteiger partial charge in [-0.05, 0) is 53.1 Å². The second-order valence-corrected chi connectivity index (χ2v) is 6.35. The molecule has 7 heteroatoms. The fraction of sp³-hybridized carbons (Fsp3) is 0.0870. The molecule has 3 rings (SSSR count). The molecule has 0 radical (unpaired) electrons. The molecule has 6 nitrogen and oxygen atoms in total. The summed E-state index contributed by atoms with van der Waals surface area (Å²) in [6.07, 6.45) is 1.42. The van der Waals surface area contributed by atoms with Crippen LogP contribution in [0.5, 0.6) is 5.75 Å². The molecule has 0 unspecified atom stereocenters. The first-order valence-electron chi connectivity index (χ1n) is 9.22. The molecule has 0 aliphatic carbocycles. The molecule has 0 spiro atoms. The van der Waals surface area contributed by atoms with Crippen LogP contribution in [0.25, 0.3) is 0 Å². The number of ether oxygens (including phenoxy) is 1. The highest BCUT2D eigenvalue weighted by Gasteiger charge is 2.11. The number of carbonyl (C=O) groups is 2. The van der Waals surface area contributed by atoms with Gasteiger partial charge in [-0.1, -0.05) is 42.5 Å². The van der Waals surface area contributed by atoms with Crippen molar-refractivity contribution < 1.29 is 18.7 Å². The van der Waals surface area contributed by atoms with Gasteiger partial charge in [-0.15, -0.1) is 0 Å². The van der Waals surface area contributed by atoms with Crippen molar-refractivity contribution in [3.63, 3.8) is 0 Å². The quantitative estimate of drug-likeness (QED) is 0.360. The second-order valence-electron chi connectivity index (χ2n) is 6.35. The summed E-state index contributed by atoms with van der Waals surface area (Å²) in [6, 6.07) is 22.4. The molecule has 0 aliphatic heterocycles. The van der Waals surface area contributed by atoms with E-state index >= 15 is 0 Å². The van der Waals surface area contributed by atoms with E-state index in [1.165, 1.54) is 18.3 Å². The molecule has 3 aromatic carbocycles. The highest BCUT2D eigenvalue weighted by molar-refractivity contribution is 6.35. The second kappa shape index (κ2) is 10.5. The zero-order valence-corrected chi connectivity index (χ0v) is 16.0. The number of halogens is 1. The molecule has 0 aromatic heterocycles. The lowest BCUT2D eigenvalue weighted by molar-refractivity contribution is -0.139. The Morgan fingerprint density at radius 3 is 2.27 bits per heavy atom. The van der Waals surface area contributed by atoms with E-state index in [4.69, 9.17) is 4.74 Å². The molecule has 3 aromatic rings. The summed E-state index contributed by atoms with van der Waals surface area (Å²) in [7, 11) is 0. The predicted octanol–water partition coefficient (Wildman–Crippen LogP) is 3.17. The summed E-state index contributed by atoms with van der Waals surface area (Å²) < 4.78 is 18.5. The molecule has 2 N–H and O–H groups in total. The van der Waals surface area contributed by atoms with Crippen molar-refractivity contribution in [3.8, 4) is 5.75 Å². The van der Waals surface area contributed by atoms with Crippen LogP contribution in [-0.2, 0) is 22.7 Å². The average Bonchev–Trinajstić information content (AvgIpc) is 2.78. The largest absolute Gasteiger partial charge is 0.489 e. The van der Waals surface area contributed by atoms with Crippen LogP contribution in [0.15, 0.2) is 84.0 Å². The molecule has 152 valence electrons. The minimum atomic E-state index is -0.846. The van der Waals surface area contributed by atoms with Gasteiger partial charge in [0, 0.05) is 6.54 Å². The maximum atomic E-state index is 12.9. The van der Waals surface area contributed by atoms with E-state index in [0.717, 1.165) is 11.1 Å². The Kier molecular flexibility index (Phi) is 7.27. The molecular weight excluding hydrogens is 385 g/mol. The number of benzene rings is 3. The summed E-state index contributed by atoms with van der Waals surface area (Å²) >= 11 is 0. The lowest BCUT2D eigenvalue weighted by Crippen LogP contribution is -2.37. The van der Waals surface area contributed by atoms with Crippen LogP contribution < -0.4 is 15.5 Å². The highest BCUT2D eigenvalue weighted by atomic mass is 19.1. The predicted molar refractivity (Wildman–Crippen MR) is 111 cm³/mol. The Labute approximate surface area is 173 Å². The zero-order chi connectivity index (χ0) is 21.2. The molecule has 0 fully saturated rings. The van der Waals surface area contributed by atoms with Gasteiger partial charge in [-0.3, -0.25) is 9.59 Å².